The van der Waals surface area contributed by atoms with Gasteiger partial charge in [0.25, 0.3) is 0 Å². The first-order valence-electron chi connectivity index (χ1n) is 14.2. The molecule has 0 spiro atoms. The number of nitrogens with one attached hydrogen (secondary N) is 2. The summed E-state index contributed by atoms with van der Waals surface area (Å²) < 4.78 is 16.8. The van der Waals surface area contributed by atoms with E-state index in [9.17, 15) is 14.4 Å². The molecule has 9 heteroatoms. The zero-order valence-electron chi connectivity index (χ0n) is 23.7. The lowest BCUT2D eigenvalue weighted by atomic mass is 9.94. The van der Waals surface area contributed by atoms with Crippen molar-refractivity contribution in [2.75, 3.05) is 40.1 Å². The largest absolute Gasteiger partial charge is 0.455 e. The SMILES string of the molecule is COCC1NC(=O)C(CC(=O)NCCOCCO)CC=CCCC(Cc2ccccc2)C(=O)OC1c1ccccc1. The Labute approximate surface area is 242 Å². The van der Waals surface area contributed by atoms with Gasteiger partial charge in [-0.05, 0) is 36.8 Å². The fourth-order valence-corrected chi connectivity index (χ4v) is 4.82. The molecule has 0 radical (unpaired) electrons. The summed E-state index contributed by atoms with van der Waals surface area (Å²) in [6.45, 7) is 0.777. The number of carbonyl (C=O) groups excluding carboxylic acids is 3. The molecular formula is C32H42N2O7. The Bertz CT molecular complexity index is 1090. The van der Waals surface area contributed by atoms with E-state index in [2.05, 4.69) is 10.6 Å². The first-order chi connectivity index (χ1) is 20.0. The number of allylic oxidation sites excluding steroid dienone is 2. The van der Waals surface area contributed by atoms with Gasteiger partial charge in [-0.25, -0.2) is 0 Å². The molecule has 4 atom stereocenters. The van der Waals surface area contributed by atoms with Crippen molar-refractivity contribution in [3.8, 4) is 0 Å². The number of cyclic esters (lactones) is 1. The van der Waals surface area contributed by atoms with E-state index in [1.54, 1.807) is 0 Å². The van der Waals surface area contributed by atoms with Crippen molar-refractivity contribution in [1.82, 2.24) is 10.6 Å². The lowest BCUT2D eigenvalue weighted by Gasteiger charge is -2.30. The molecule has 0 fully saturated rings. The highest BCUT2D eigenvalue weighted by Gasteiger charge is 2.33. The molecule has 3 rings (SSSR count). The average Bonchev–Trinajstić information content (AvgIpc) is 2.99. The molecule has 0 saturated carbocycles. The summed E-state index contributed by atoms with van der Waals surface area (Å²) >= 11 is 0. The summed E-state index contributed by atoms with van der Waals surface area (Å²) in [6.07, 6.45) is 5.21. The van der Waals surface area contributed by atoms with Crippen LogP contribution in [-0.4, -0.2) is 69.0 Å². The Balaban J connectivity index is 1.84. The maximum atomic E-state index is 13.6. The normalized spacial score (nSPS) is 22.0. The van der Waals surface area contributed by atoms with Crippen molar-refractivity contribution in [3.63, 3.8) is 0 Å². The smallest absolute Gasteiger partial charge is 0.309 e. The molecule has 1 aliphatic heterocycles. The fourth-order valence-electron chi connectivity index (χ4n) is 4.82. The zero-order chi connectivity index (χ0) is 29.3. The number of methoxy groups -OCH3 is 1. The van der Waals surface area contributed by atoms with E-state index in [1.807, 2.05) is 72.8 Å². The quantitative estimate of drug-likeness (QED) is 0.205. The second kappa shape index (κ2) is 18.0. The van der Waals surface area contributed by atoms with Crippen LogP contribution in [0.3, 0.4) is 0 Å². The third-order valence-corrected chi connectivity index (χ3v) is 6.94. The third-order valence-electron chi connectivity index (χ3n) is 6.94. The zero-order valence-corrected chi connectivity index (χ0v) is 23.7. The molecule has 0 bridgehead atoms. The first kappa shape index (κ1) is 32.0. The number of hydrogen-bond acceptors (Lipinski definition) is 7. The highest BCUT2D eigenvalue weighted by Crippen LogP contribution is 2.27. The van der Waals surface area contributed by atoms with Crippen molar-refractivity contribution in [2.45, 2.75) is 44.2 Å². The summed E-state index contributed by atoms with van der Waals surface area (Å²) in [7, 11) is 1.53. The summed E-state index contributed by atoms with van der Waals surface area (Å²) in [5.74, 6) is -1.92. The van der Waals surface area contributed by atoms with Crippen LogP contribution in [0, 0.1) is 11.8 Å². The van der Waals surface area contributed by atoms with Crippen molar-refractivity contribution in [2.24, 2.45) is 11.8 Å². The summed E-state index contributed by atoms with van der Waals surface area (Å²) in [6, 6.07) is 18.5. The highest BCUT2D eigenvalue weighted by atomic mass is 16.5. The number of aliphatic hydroxyl groups excluding tert-OH is 1. The molecule has 2 amide bonds. The van der Waals surface area contributed by atoms with Crippen LogP contribution >= 0.6 is 0 Å². The third kappa shape index (κ3) is 11.1. The van der Waals surface area contributed by atoms with Gasteiger partial charge in [0.2, 0.25) is 11.8 Å². The number of aliphatic hydroxyl groups is 1. The number of ether oxygens (including phenoxy) is 3. The minimum Gasteiger partial charge on any atom is -0.455 e. The van der Waals surface area contributed by atoms with E-state index in [4.69, 9.17) is 19.3 Å². The molecule has 4 unspecified atom stereocenters. The minimum atomic E-state index is -0.780. The van der Waals surface area contributed by atoms with Gasteiger partial charge < -0.3 is 30.0 Å². The van der Waals surface area contributed by atoms with Gasteiger partial charge in [0.15, 0.2) is 0 Å². The van der Waals surface area contributed by atoms with Crippen LogP contribution in [0.4, 0.5) is 0 Å². The number of hydrogen-bond donors (Lipinski definition) is 3. The van der Waals surface area contributed by atoms with Gasteiger partial charge in [0, 0.05) is 20.1 Å². The molecule has 41 heavy (non-hydrogen) atoms. The van der Waals surface area contributed by atoms with Gasteiger partial charge in [-0.2, -0.15) is 0 Å². The van der Waals surface area contributed by atoms with E-state index in [0.717, 1.165) is 11.1 Å². The number of carbonyl (C=O) groups is 3. The predicted molar refractivity (Wildman–Crippen MR) is 155 cm³/mol. The van der Waals surface area contributed by atoms with Gasteiger partial charge >= 0.3 is 5.97 Å². The van der Waals surface area contributed by atoms with Crippen LogP contribution in [0.1, 0.15) is 42.9 Å². The standard InChI is InChI=1S/C32H42N2O7/c1-39-23-28-30(25-13-7-3-8-14-25)41-32(38)27(21-24-11-5-2-6-12-24)16-10-4-9-15-26(31(37)34-28)22-29(36)33-17-19-40-20-18-35/h2-9,11-14,26-28,30,35H,10,15-23H2,1H3,(H,33,36)(H,34,37). The van der Waals surface area contributed by atoms with Crippen LogP contribution in [0.25, 0.3) is 0 Å². The van der Waals surface area contributed by atoms with E-state index < -0.39 is 18.1 Å². The van der Waals surface area contributed by atoms with Gasteiger partial charge in [0.05, 0.1) is 44.3 Å². The molecule has 2 aromatic rings. The average molecular weight is 567 g/mol. The molecule has 3 N–H and O–H groups in total. The Morgan fingerprint density at radius 3 is 2.46 bits per heavy atom. The van der Waals surface area contributed by atoms with Gasteiger partial charge in [0.1, 0.15) is 6.10 Å². The maximum Gasteiger partial charge on any atom is 0.309 e. The van der Waals surface area contributed by atoms with Crippen molar-refractivity contribution >= 4 is 17.8 Å². The maximum absolute atomic E-state index is 13.6. The minimum absolute atomic E-state index is 0.0116. The number of esters is 1. The number of amides is 2. The van der Waals surface area contributed by atoms with Crippen molar-refractivity contribution in [3.05, 3.63) is 83.9 Å². The second-order valence-corrected chi connectivity index (χ2v) is 10.1. The molecule has 0 aliphatic carbocycles. The molecule has 222 valence electrons. The van der Waals surface area contributed by atoms with E-state index in [1.165, 1.54) is 7.11 Å². The topological polar surface area (TPSA) is 123 Å². The van der Waals surface area contributed by atoms with Gasteiger partial charge in [-0.15, -0.1) is 0 Å². The van der Waals surface area contributed by atoms with Crippen LogP contribution in [0.2, 0.25) is 0 Å². The second-order valence-electron chi connectivity index (χ2n) is 10.1. The molecule has 0 saturated heterocycles. The van der Waals surface area contributed by atoms with Crippen molar-refractivity contribution < 1.29 is 33.7 Å². The lowest BCUT2D eigenvalue weighted by molar-refractivity contribution is -0.158. The molecule has 1 heterocycles. The monoisotopic (exact) mass is 566 g/mol. The highest BCUT2D eigenvalue weighted by molar-refractivity contribution is 5.86. The summed E-state index contributed by atoms with van der Waals surface area (Å²) in [5, 5.41) is 14.6. The Morgan fingerprint density at radius 2 is 1.76 bits per heavy atom. The first-order valence-corrected chi connectivity index (χ1v) is 14.2. The van der Waals surface area contributed by atoms with E-state index >= 15 is 0 Å². The van der Waals surface area contributed by atoms with Gasteiger partial charge in [-0.1, -0.05) is 72.8 Å². The number of benzene rings is 2. The van der Waals surface area contributed by atoms with Gasteiger partial charge in [-0.3, -0.25) is 14.4 Å². The lowest BCUT2D eigenvalue weighted by Crippen LogP contribution is -2.47. The van der Waals surface area contributed by atoms with Crippen LogP contribution in [-0.2, 0) is 35.0 Å². The van der Waals surface area contributed by atoms with Crippen LogP contribution in [0.15, 0.2) is 72.8 Å². The molecule has 1 aliphatic rings. The Kier molecular flexibility index (Phi) is 14.1. The molecule has 2 aromatic carbocycles. The predicted octanol–water partition coefficient (Wildman–Crippen LogP) is 3.13. The fraction of sp³-hybridized carbons (Fsp3) is 0.469. The molecule has 9 nitrogen and oxygen atoms in total. The summed E-state index contributed by atoms with van der Waals surface area (Å²) in [5.41, 5.74) is 1.79. The van der Waals surface area contributed by atoms with Crippen molar-refractivity contribution in [1.29, 1.82) is 0 Å². The Hall–Kier alpha value is -3.53. The Morgan fingerprint density at radius 1 is 1.02 bits per heavy atom. The molecule has 0 aromatic heterocycles. The summed E-state index contributed by atoms with van der Waals surface area (Å²) in [4.78, 5) is 39.8. The van der Waals surface area contributed by atoms with E-state index in [-0.39, 0.29) is 63.1 Å². The van der Waals surface area contributed by atoms with Crippen LogP contribution in [0.5, 0.6) is 0 Å². The van der Waals surface area contributed by atoms with Crippen LogP contribution < -0.4 is 10.6 Å². The number of rotatable bonds is 12. The molecular weight excluding hydrogens is 524 g/mol. The van der Waals surface area contributed by atoms with E-state index in [0.29, 0.717) is 25.7 Å².